The van der Waals surface area contributed by atoms with Gasteiger partial charge in [0.15, 0.2) is 0 Å². The van der Waals surface area contributed by atoms with Crippen LogP contribution in [0, 0.1) is 18.4 Å². The third-order valence-electron chi connectivity index (χ3n) is 1.71. The highest BCUT2D eigenvalue weighted by Gasteiger charge is 1.92. The van der Waals surface area contributed by atoms with E-state index in [1.54, 1.807) is 6.20 Å². The zero-order valence-electron chi connectivity index (χ0n) is 6.41. The summed E-state index contributed by atoms with van der Waals surface area (Å²) in [4.78, 5) is 4.14. The van der Waals surface area contributed by atoms with E-state index in [1.165, 1.54) is 0 Å². The van der Waals surface area contributed by atoms with E-state index in [2.05, 4.69) is 17.0 Å². The lowest BCUT2D eigenvalue weighted by Gasteiger charge is -1.95. The van der Waals surface area contributed by atoms with Crippen LogP contribution in [0.2, 0.25) is 0 Å². The molecule has 0 spiro atoms. The second-order valence-electron chi connectivity index (χ2n) is 2.49. The Morgan fingerprint density at radius 1 is 1.42 bits per heavy atom. The molecule has 55 valence electrons. The van der Waals surface area contributed by atoms with Crippen molar-refractivity contribution in [1.29, 1.82) is 0 Å². The van der Waals surface area contributed by atoms with Crippen LogP contribution in [0.5, 0.6) is 0 Å². The fourth-order valence-electron chi connectivity index (χ4n) is 1.10. The molecule has 1 aromatic heterocycles. The topological polar surface area (TPSA) is 12.9 Å². The maximum Gasteiger partial charge on any atom is 0.0714 e. The Morgan fingerprint density at radius 2 is 2.33 bits per heavy atom. The van der Waals surface area contributed by atoms with E-state index >= 15 is 0 Å². The molecule has 0 unspecified atom stereocenters. The molecule has 2 aromatic rings. The van der Waals surface area contributed by atoms with Gasteiger partial charge in [0.05, 0.1) is 5.52 Å². The van der Waals surface area contributed by atoms with Crippen molar-refractivity contribution in [1.82, 2.24) is 4.98 Å². The van der Waals surface area contributed by atoms with Crippen molar-refractivity contribution < 1.29 is 0 Å². The molecule has 0 saturated carbocycles. The number of benzene rings is 1. The molecule has 0 aliphatic carbocycles. The zero-order valence-corrected chi connectivity index (χ0v) is 6.41. The second kappa shape index (κ2) is 2.67. The van der Waals surface area contributed by atoms with Crippen molar-refractivity contribution in [3.8, 4) is 12.3 Å². The van der Waals surface area contributed by atoms with E-state index in [4.69, 9.17) is 6.42 Å². The van der Waals surface area contributed by atoms with Crippen LogP contribution in [-0.4, -0.2) is 4.98 Å². The van der Waals surface area contributed by atoms with Gasteiger partial charge in [0.2, 0.25) is 0 Å². The SMILES string of the molecule is C#Cc1ccc2c[c]cnc2c1. The van der Waals surface area contributed by atoms with Gasteiger partial charge < -0.3 is 0 Å². The number of rotatable bonds is 0. The van der Waals surface area contributed by atoms with Gasteiger partial charge in [-0.05, 0) is 18.2 Å². The van der Waals surface area contributed by atoms with Crippen LogP contribution in [0.1, 0.15) is 5.56 Å². The Labute approximate surface area is 71.1 Å². The first kappa shape index (κ1) is 6.87. The Balaban J connectivity index is 2.78. The van der Waals surface area contributed by atoms with Gasteiger partial charge >= 0.3 is 0 Å². The molecular weight excluding hydrogens is 146 g/mol. The number of aromatic nitrogens is 1. The predicted molar refractivity (Wildman–Crippen MR) is 48.5 cm³/mol. The summed E-state index contributed by atoms with van der Waals surface area (Å²) in [6, 6.07) is 10.5. The van der Waals surface area contributed by atoms with E-state index in [-0.39, 0.29) is 0 Å². The number of terminal acetylenes is 1. The molecule has 12 heavy (non-hydrogen) atoms. The summed E-state index contributed by atoms with van der Waals surface area (Å²) in [7, 11) is 0. The molecule has 0 saturated heterocycles. The van der Waals surface area contributed by atoms with Crippen molar-refractivity contribution >= 4 is 10.9 Å². The van der Waals surface area contributed by atoms with E-state index in [1.807, 2.05) is 24.3 Å². The Bertz CT molecular complexity index is 452. The monoisotopic (exact) mass is 152 g/mol. The molecule has 0 amide bonds. The van der Waals surface area contributed by atoms with E-state index < -0.39 is 0 Å². The first-order chi connectivity index (χ1) is 5.90. The number of fused-ring (bicyclic) bond motifs is 1. The van der Waals surface area contributed by atoms with Crippen molar-refractivity contribution in [3.05, 3.63) is 42.1 Å². The summed E-state index contributed by atoms with van der Waals surface area (Å²) < 4.78 is 0. The molecule has 0 fully saturated rings. The van der Waals surface area contributed by atoms with Crippen molar-refractivity contribution in [2.45, 2.75) is 0 Å². The normalized spacial score (nSPS) is 9.58. The highest BCUT2D eigenvalue weighted by molar-refractivity contribution is 5.79. The Kier molecular flexibility index (Phi) is 1.53. The molecule has 0 N–H and O–H groups in total. The number of hydrogen-bond donors (Lipinski definition) is 0. The van der Waals surface area contributed by atoms with E-state index in [0.717, 1.165) is 16.5 Å². The molecule has 1 heteroatoms. The van der Waals surface area contributed by atoms with Crippen LogP contribution in [0.3, 0.4) is 0 Å². The zero-order chi connectivity index (χ0) is 8.39. The molecule has 0 atom stereocenters. The minimum atomic E-state index is 0.862. The summed E-state index contributed by atoms with van der Waals surface area (Å²) >= 11 is 0. The molecular formula is C11H6N. The number of nitrogens with zero attached hydrogens (tertiary/aromatic N) is 1. The average Bonchev–Trinajstić information content (AvgIpc) is 2.17. The van der Waals surface area contributed by atoms with Gasteiger partial charge in [-0.3, -0.25) is 4.98 Å². The molecule has 1 heterocycles. The molecule has 1 aromatic carbocycles. The first-order valence-electron chi connectivity index (χ1n) is 3.62. The average molecular weight is 152 g/mol. The fraction of sp³-hybridized carbons (Fsp3) is 0. The van der Waals surface area contributed by atoms with Gasteiger partial charge in [-0.1, -0.05) is 12.0 Å². The summed E-state index contributed by atoms with van der Waals surface area (Å²) in [6.07, 6.45) is 6.90. The van der Waals surface area contributed by atoms with Gasteiger partial charge in [0.1, 0.15) is 0 Å². The van der Waals surface area contributed by atoms with Crippen LogP contribution < -0.4 is 0 Å². The predicted octanol–water partition coefficient (Wildman–Crippen LogP) is 2.02. The van der Waals surface area contributed by atoms with Crippen molar-refractivity contribution in [3.63, 3.8) is 0 Å². The summed E-state index contributed by atoms with van der Waals surface area (Å²) in [5, 5.41) is 1.07. The molecule has 1 radical (unpaired) electrons. The number of hydrogen-bond acceptors (Lipinski definition) is 1. The van der Waals surface area contributed by atoms with Gasteiger partial charge in [-0.25, -0.2) is 0 Å². The van der Waals surface area contributed by atoms with Crippen LogP contribution in [0.25, 0.3) is 10.9 Å². The van der Waals surface area contributed by atoms with Gasteiger partial charge in [-0.2, -0.15) is 0 Å². The van der Waals surface area contributed by atoms with Crippen LogP contribution in [0.4, 0.5) is 0 Å². The maximum absolute atomic E-state index is 5.26. The summed E-state index contributed by atoms with van der Waals surface area (Å²) in [5.41, 5.74) is 1.78. The van der Waals surface area contributed by atoms with Crippen LogP contribution in [-0.2, 0) is 0 Å². The maximum atomic E-state index is 5.26. The standard InChI is InChI=1S/C11H6N/c1-2-9-5-6-10-4-3-7-12-11(10)8-9/h1,4-8H. The molecule has 0 aliphatic heterocycles. The lowest BCUT2D eigenvalue weighted by atomic mass is 10.1. The van der Waals surface area contributed by atoms with Gasteiger partial charge in [0.25, 0.3) is 0 Å². The third-order valence-corrected chi connectivity index (χ3v) is 1.71. The Hall–Kier alpha value is -1.81. The quantitative estimate of drug-likeness (QED) is 0.526. The Morgan fingerprint density at radius 3 is 3.17 bits per heavy atom. The molecule has 0 aliphatic rings. The van der Waals surface area contributed by atoms with Gasteiger partial charge in [0, 0.05) is 23.2 Å². The largest absolute Gasteiger partial charge is 0.256 e. The molecule has 1 nitrogen and oxygen atoms in total. The van der Waals surface area contributed by atoms with E-state index in [9.17, 15) is 0 Å². The van der Waals surface area contributed by atoms with Crippen molar-refractivity contribution in [2.24, 2.45) is 0 Å². The second-order valence-corrected chi connectivity index (χ2v) is 2.49. The molecule has 0 bridgehead atoms. The summed E-state index contributed by atoms with van der Waals surface area (Å²) in [6.45, 7) is 0. The van der Waals surface area contributed by atoms with Crippen LogP contribution in [0.15, 0.2) is 30.5 Å². The van der Waals surface area contributed by atoms with Crippen molar-refractivity contribution in [2.75, 3.05) is 0 Å². The lowest BCUT2D eigenvalue weighted by molar-refractivity contribution is 1.40. The minimum Gasteiger partial charge on any atom is -0.256 e. The van der Waals surface area contributed by atoms with Gasteiger partial charge in [-0.15, -0.1) is 6.42 Å². The van der Waals surface area contributed by atoms with Crippen LogP contribution >= 0.6 is 0 Å². The highest BCUT2D eigenvalue weighted by Crippen LogP contribution is 2.11. The third kappa shape index (κ3) is 1.04. The first-order valence-corrected chi connectivity index (χ1v) is 3.62. The molecule has 2 rings (SSSR count). The number of pyridine rings is 1. The minimum absolute atomic E-state index is 0.862. The lowest BCUT2D eigenvalue weighted by Crippen LogP contribution is -1.79. The van der Waals surface area contributed by atoms with E-state index in [0.29, 0.717) is 0 Å². The summed E-state index contributed by atoms with van der Waals surface area (Å²) in [5.74, 6) is 2.57. The smallest absolute Gasteiger partial charge is 0.0714 e. The highest BCUT2D eigenvalue weighted by atomic mass is 14.6. The fourth-order valence-corrected chi connectivity index (χ4v) is 1.10.